The highest BCUT2D eigenvalue weighted by Crippen LogP contribution is 2.37. The van der Waals surface area contributed by atoms with Crippen molar-refractivity contribution < 1.29 is 23.8 Å². The molecule has 0 radical (unpaired) electrons. The molecule has 3 aromatic carbocycles. The molecule has 0 saturated carbocycles. The summed E-state index contributed by atoms with van der Waals surface area (Å²) in [5.41, 5.74) is 7.22. The number of nitrogens with zero attached hydrogens (tertiary/aromatic N) is 4. The van der Waals surface area contributed by atoms with Gasteiger partial charge in [-0.05, 0) is 105 Å². The first-order chi connectivity index (χ1) is 24.4. The van der Waals surface area contributed by atoms with E-state index in [0.717, 1.165) is 65.6 Å². The first kappa shape index (κ1) is 37.4. The van der Waals surface area contributed by atoms with E-state index < -0.39 is 11.7 Å². The summed E-state index contributed by atoms with van der Waals surface area (Å²) in [5, 5.41) is 6.05. The van der Waals surface area contributed by atoms with Crippen LogP contribution in [-0.2, 0) is 14.3 Å². The number of benzene rings is 3. The number of hydrogen-bond donors (Lipinski definition) is 0. The largest absolute Gasteiger partial charge is 0.492 e. The number of carbonyl (C=O) groups is 2. The third-order valence-corrected chi connectivity index (χ3v) is 8.84. The Kier molecular flexibility index (Phi) is 12.4. The fraction of sp³-hybridized carbons (Fsp3) is 0.405. The van der Waals surface area contributed by atoms with Gasteiger partial charge in [-0.25, -0.2) is 9.48 Å². The number of hydrogen-bond acceptors (Lipinski definition) is 6. The van der Waals surface area contributed by atoms with E-state index in [4.69, 9.17) is 19.3 Å². The number of allylic oxidation sites excluding steroid dienone is 1. The van der Waals surface area contributed by atoms with Crippen LogP contribution in [0.1, 0.15) is 82.0 Å². The number of rotatable bonds is 12. The van der Waals surface area contributed by atoms with Crippen LogP contribution in [0.2, 0.25) is 0 Å². The number of fused-ring (bicyclic) bond motifs is 1. The summed E-state index contributed by atoms with van der Waals surface area (Å²) >= 11 is 0. The number of ether oxygens (including phenoxy) is 3. The summed E-state index contributed by atoms with van der Waals surface area (Å²) in [6.45, 7) is 11.3. The quantitative estimate of drug-likeness (QED) is 0.109. The fourth-order valence-electron chi connectivity index (χ4n) is 6.27. The summed E-state index contributed by atoms with van der Waals surface area (Å²) in [6.07, 6.45) is 6.69. The third-order valence-electron chi connectivity index (χ3n) is 8.84. The molecule has 270 valence electrons. The van der Waals surface area contributed by atoms with Crippen molar-refractivity contribution in [2.24, 2.45) is 0 Å². The van der Waals surface area contributed by atoms with E-state index >= 15 is 0 Å². The zero-order chi connectivity index (χ0) is 36.5. The lowest BCUT2D eigenvalue weighted by Crippen LogP contribution is -2.39. The highest BCUT2D eigenvalue weighted by Gasteiger charge is 2.23. The van der Waals surface area contributed by atoms with Crippen LogP contribution in [0.4, 0.5) is 4.79 Å². The highest BCUT2D eigenvalue weighted by molar-refractivity contribution is 6.00. The van der Waals surface area contributed by atoms with Crippen molar-refractivity contribution in [2.45, 2.75) is 72.1 Å². The smallest absolute Gasteiger partial charge is 0.410 e. The van der Waals surface area contributed by atoms with Crippen LogP contribution in [0.15, 0.2) is 84.9 Å². The molecule has 0 bridgehead atoms. The van der Waals surface area contributed by atoms with E-state index in [-0.39, 0.29) is 31.8 Å². The van der Waals surface area contributed by atoms with E-state index in [1.165, 1.54) is 27.0 Å². The van der Waals surface area contributed by atoms with Crippen LogP contribution in [0.3, 0.4) is 0 Å². The zero-order valence-corrected chi connectivity index (χ0v) is 31.1. The van der Waals surface area contributed by atoms with E-state index in [9.17, 15) is 9.59 Å². The lowest BCUT2D eigenvalue weighted by atomic mass is 9.87. The second-order valence-corrected chi connectivity index (χ2v) is 14.1. The van der Waals surface area contributed by atoms with Gasteiger partial charge >= 0.3 is 6.09 Å². The van der Waals surface area contributed by atoms with Gasteiger partial charge < -0.3 is 24.0 Å². The van der Waals surface area contributed by atoms with Crippen molar-refractivity contribution in [1.29, 1.82) is 0 Å². The molecule has 1 saturated heterocycles. The molecule has 51 heavy (non-hydrogen) atoms. The maximum absolute atomic E-state index is 13.0. The molecule has 1 aromatic heterocycles. The molecule has 1 atom stereocenters. The number of aryl methyl sites for hydroxylation is 1. The maximum Gasteiger partial charge on any atom is 0.410 e. The number of aromatic nitrogens is 2. The molecule has 0 spiro atoms. The second kappa shape index (κ2) is 16.9. The maximum atomic E-state index is 13.0. The Morgan fingerprint density at radius 3 is 2.35 bits per heavy atom. The Bertz CT molecular complexity index is 1850. The third kappa shape index (κ3) is 9.67. The summed E-state index contributed by atoms with van der Waals surface area (Å²) < 4.78 is 19.9. The average molecular weight is 693 g/mol. The molecule has 2 amide bonds. The Balaban J connectivity index is 1.40. The predicted molar refractivity (Wildman–Crippen MR) is 204 cm³/mol. The van der Waals surface area contributed by atoms with Gasteiger partial charge in [0.05, 0.1) is 17.8 Å². The lowest BCUT2D eigenvalue weighted by Gasteiger charge is -2.26. The van der Waals surface area contributed by atoms with Gasteiger partial charge in [-0.1, -0.05) is 61.5 Å². The van der Waals surface area contributed by atoms with Crippen molar-refractivity contribution in [2.75, 3.05) is 40.4 Å². The fourth-order valence-corrected chi connectivity index (χ4v) is 6.27. The molecule has 0 N–H and O–H groups in total. The Morgan fingerprint density at radius 1 is 0.980 bits per heavy atom. The Morgan fingerprint density at radius 2 is 1.71 bits per heavy atom. The second-order valence-electron chi connectivity index (χ2n) is 14.1. The van der Waals surface area contributed by atoms with Crippen LogP contribution < -0.4 is 4.74 Å². The zero-order valence-electron chi connectivity index (χ0n) is 31.1. The molecule has 0 aliphatic carbocycles. The van der Waals surface area contributed by atoms with E-state index in [0.29, 0.717) is 5.75 Å². The van der Waals surface area contributed by atoms with E-state index in [1.54, 1.807) is 20.2 Å². The number of amides is 2. The first-order valence-electron chi connectivity index (χ1n) is 17.9. The minimum absolute atomic E-state index is 0.0289. The molecular formula is C42H52N4O5. The van der Waals surface area contributed by atoms with Crippen LogP contribution >= 0.6 is 0 Å². The van der Waals surface area contributed by atoms with Gasteiger partial charge in [-0.3, -0.25) is 4.79 Å². The SMILES string of the molecule is CC/C(=C(/c1ccc(OCCN(C/C=C/C(=O)N(C)C)C(=O)OC(C)(C)C)cc1)c1ccc2c(c1)c(C)nn2C1CCCCO1)c1ccccc1. The monoisotopic (exact) mass is 692 g/mol. The normalized spacial score (nSPS) is 15.5. The average Bonchev–Trinajstić information content (AvgIpc) is 3.45. The minimum atomic E-state index is -0.648. The number of likely N-dealkylation sites (N-methyl/N-ethyl adjacent to an activating group) is 1. The first-order valence-corrected chi connectivity index (χ1v) is 17.9. The Labute approximate surface area is 302 Å². The van der Waals surface area contributed by atoms with E-state index in [2.05, 4.69) is 73.1 Å². The molecule has 9 nitrogen and oxygen atoms in total. The van der Waals surface area contributed by atoms with Gasteiger partial charge in [0.15, 0.2) is 6.23 Å². The molecule has 5 rings (SSSR count). The van der Waals surface area contributed by atoms with Crippen molar-refractivity contribution in [3.8, 4) is 5.75 Å². The predicted octanol–water partition coefficient (Wildman–Crippen LogP) is 8.67. The van der Waals surface area contributed by atoms with Crippen LogP contribution in [0, 0.1) is 6.92 Å². The van der Waals surface area contributed by atoms with Crippen molar-refractivity contribution in [3.63, 3.8) is 0 Å². The summed E-state index contributed by atoms with van der Waals surface area (Å²) in [7, 11) is 3.37. The molecular weight excluding hydrogens is 640 g/mol. The van der Waals surface area contributed by atoms with Crippen LogP contribution in [0.25, 0.3) is 22.0 Å². The molecule has 1 aliphatic rings. The van der Waals surface area contributed by atoms with Crippen molar-refractivity contribution >= 4 is 34.0 Å². The summed E-state index contributed by atoms with van der Waals surface area (Å²) in [5.74, 6) is 0.542. The van der Waals surface area contributed by atoms with Crippen molar-refractivity contribution in [3.05, 3.63) is 107 Å². The molecule has 1 unspecified atom stereocenters. The summed E-state index contributed by atoms with van der Waals surface area (Å²) in [4.78, 5) is 28.0. The summed E-state index contributed by atoms with van der Waals surface area (Å²) in [6, 6.07) is 25.3. The molecule has 4 aromatic rings. The van der Waals surface area contributed by atoms with Gasteiger partial charge in [0.1, 0.15) is 18.0 Å². The van der Waals surface area contributed by atoms with Gasteiger partial charge in [0.25, 0.3) is 0 Å². The molecule has 1 aliphatic heterocycles. The lowest BCUT2D eigenvalue weighted by molar-refractivity contribution is -0.123. The molecule has 9 heteroatoms. The minimum Gasteiger partial charge on any atom is -0.492 e. The van der Waals surface area contributed by atoms with Crippen LogP contribution in [0.5, 0.6) is 5.75 Å². The van der Waals surface area contributed by atoms with Crippen molar-refractivity contribution in [1.82, 2.24) is 19.6 Å². The van der Waals surface area contributed by atoms with E-state index in [1.807, 2.05) is 39.0 Å². The molecule has 2 heterocycles. The highest BCUT2D eigenvalue weighted by atomic mass is 16.6. The topological polar surface area (TPSA) is 86.1 Å². The Hall–Kier alpha value is -4.89. The van der Waals surface area contributed by atoms with Gasteiger partial charge in [-0.15, -0.1) is 0 Å². The molecule has 1 fully saturated rings. The van der Waals surface area contributed by atoms with Gasteiger partial charge in [0, 0.05) is 38.7 Å². The standard InChI is InChI=1S/C42H52N4O5/c1-8-35(31-15-10-9-11-16-31)40(33-21-24-37-36(29-33)30(2)43-46(37)39-18-12-13-27-50-39)32-19-22-34(23-20-32)49-28-26-45(41(48)51-42(3,4)5)25-14-17-38(47)44(6)7/h9-11,14-17,19-24,29,39H,8,12-13,18,25-28H2,1-7H3/b17-14+,40-35+. The van der Waals surface area contributed by atoms with Gasteiger partial charge in [-0.2, -0.15) is 5.10 Å². The van der Waals surface area contributed by atoms with Gasteiger partial charge in [0.2, 0.25) is 5.91 Å². The van der Waals surface area contributed by atoms with Crippen LogP contribution in [-0.4, -0.2) is 77.6 Å². The number of carbonyl (C=O) groups excluding carboxylic acids is 2.